The number of anilines is 1. The Labute approximate surface area is 110 Å². The zero-order chi connectivity index (χ0) is 13.2. The van der Waals surface area contributed by atoms with Crippen LogP contribution in [0.1, 0.15) is 18.7 Å². The summed E-state index contributed by atoms with van der Waals surface area (Å²) in [6.07, 6.45) is 2.98. The van der Waals surface area contributed by atoms with E-state index in [0.717, 1.165) is 19.4 Å². The average molecular weight is 261 g/mol. The molecule has 1 fully saturated rings. The van der Waals surface area contributed by atoms with Crippen molar-refractivity contribution in [3.05, 3.63) is 24.0 Å². The Bertz CT molecular complexity index is 576. The lowest BCUT2D eigenvalue weighted by molar-refractivity contribution is 0.109. The fourth-order valence-corrected chi connectivity index (χ4v) is 2.15. The minimum Gasteiger partial charge on any atom is -0.506 e. The molecule has 1 aromatic carbocycles. The predicted molar refractivity (Wildman–Crippen MR) is 68.5 cm³/mol. The van der Waals surface area contributed by atoms with Crippen LogP contribution in [0.4, 0.5) is 5.69 Å². The molecule has 100 valence electrons. The molecule has 0 spiro atoms. The molecule has 19 heavy (non-hydrogen) atoms. The highest BCUT2D eigenvalue weighted by molar-refractivity contribution is 5.64. The lowest BCUT2D eigenvalue weighted by Gasteiger charge is -2.03. The number of aromatic nitrogens is 2. The van der Waals surface area contributed by atoms with Crippen LogP contribution in [0.5, 0.6) is 5.75 Å². The first-order valence-corrected chi connectivity index (χ1v) is 6.25. The quantitative estimate of drug-likeness (QED) is 0.645. The second kappa shape index (κ2) is 4.89. The molecule has 2 heterocycles. The molecule has 0 radical (unpaired) electrons. The number of hydrogen-bond acceptors (Lipinski definition) is 6. The summed E-state index contributed by atoms with van der Waals surface area (Å²) in [7, 11) is 0. The Hall–Kier alpha value is -2.08. The molecule has 0 amide bonds. The van der Waals surface area contributed by atoms with E-state index < -0.39 is 0 Å². The van der Waals surface area contributed by atoms with Crippen LogP contribution in [0.3, 0.4) is 0 Å². The Kier molecular flexibility index (Phi) is 3.08. The normalized spacial score (nSPS) is 18.8. The molecule has 1 aliphatic heterocycles. The van der Waals surface area contributed by atoms with E-state index in [4.69, 9.17) is 15.0 Å². The summed E-state index contributed by atoms with van der Waals surface area (Å²) < 4.78 is 10.7. The largest absolute Gasteiger partial charge is 0.506 e. The summed E-state index contributed by atoms with van der Waals surface area (Å²) in [6, 6.07) is 4.81. The Morgan fingerprint density at radius 1 is 1.42 bits per heavy atom. The van der Waals surface area contributed by atoms with Gasteiger partial charge in [0.1, 0.15) is 5.75 Å². The van der Waals surface area contributed by atoms with Crippen molar-refractivity contribution in [2.75, 3.05) is 12.3 Å². The van der Waals surface area contributed by atoms with E-state index in [1.165, 1.54) is 6.07 Å². The van der Waals surface area contributed by atoms with Crippen molar-refractivity contribution in [3.63, 3.8) is 0 Å². The highest BCUT2D eigenvalue weighted by Gasteiger charge is 2.19. The summed E-state index contributed by atoms with van der Waals surface area (Å²) in [6.45, 7) is 0.809. The van der Waals surface area contributed by atoms with E-state index in [0.29, 0.717) is 23.7 Å². The molecule has 6 nitrogen and oxygen atoms in total. The zero-order valence-electron chi connectivity index (χ0n) is 10.4. The van der Waals surface area contributed by atoms with Gasteiger partial charge in [-0.05, 0) is 31.0 Å². The molecule has 0 saturated carbocycles. The van der Waals surface area contributed by atoms with Crippen LogP contribution < -0.4 is 5.73 Å². The number of phenolic OH excluding ortho intramolecular Hbond substituents is 1. The number of aromatic hydroxyl groups is 1. The molecule has 1 unspecified atom stereocenters. The molecule has 0 aliphatic carbocycles. The molecule has 1 aromatic heterocycles. The van der Waals surface area contributed by atoms with E-state index in [9.17, 15) is 5.11 Å². The highest BCUT2D eigenvalue weighted by atomic mass is 16.5. The first-order chi connectivity index (χ1) is 9.22. The third kappa shape index (κ3) is 2.53. The van der Waals surface area contributed by atoms with Crippen molar-refractivity contribution >= 4 is 5.69 Å². The van der Waals surface area contributed by atoms with Crippen molar-refractivity contribution in [1.29, 1.82) is 0 Å². The Morgan fingerprint density at radius 2 is 2.32 bits per heavy atom. The third-order valence-corrected chi connectivity index (χ3v) is 3.18. The molecular weight excluding hydrogens is 246 g/mol. The summed E-state index contributed by atoms with van der Waals surface area (Å²) in [4.78, 5) is 4.32. The van der Waals surface area contributed by atoms with Crippen LogP contribution in [0.2, 0.25) is 0 Å². The van der Waals surface area contributed by atoms with Gasteiger partial charge in [0, 0.05) is 18.6 Å². The number of ether oxygens (including phenoxy) is 1. The fourth-order valence-electron chi connectivity index (χ4n) is 2.15. The maximum atomic E-state index is 9.38. The van der Waals surface area contributed by atoms with Gasteiger partial charge in [0.25, 0.3) is 5.89 Å². The lowest BCUT2D eigenvalue weighted by atomic mass is 10.1. The number of phenols is 1. The number of nitrogen functional groups attached to an aromatic ring is 1. The third-order valence-electron chi connectivity index (χ3n) is 3.18. The molecule has 6 heteroatoms. The van der Waals surface area contributed by atoms with E-state index in [-0.39, 0.29) is 17.5 Å². The van der Waals surface area contributed by atoms with Gasteiger partial charge in [-0.25, -0.2) is 0 Å². The van der Waals surface area contributed by atoms with Crippen LogP contribution in [0.25, 0.3) is 11.5 Å². The van der Waals surface area contributed by atoms with Gasteiger partial charge in [-0.3, -0.25) is 0 Å². The first kappa shape index (κ1) is 12.0. The average Bonchev–Trinajstić information content (AvgIpc) is 3.05. The minimum absolute atomic E-state index is 0.0443. The second-order valence-electron chi connectivity index (χ2n) is 4.63. The second-order valence-corrected chi connectivity index (χ2v) is 4.63. The van der Waals surface area contributed by atoms with Crippen LogP contribution in [-0.2, 0) is 11.2 Å². The van der Waals surface area contributed by atoms with Crippen LogP contribution >= 0.6 is 0 Å². The Morgan fingerprint density at radius 3 is 3.05 bits per heavy atom. The van der Waals surface area contributed by atoms with Gasteiger partial charge >= 0.3 is 0 Å². The summed E-state index contributed by atoms with van der Waals surface area (Å²) in [5.41, 5.74) is 6.62. The summed E-state index contributed by atoms with van der Waals surface area (Å²) in [5.74, 6) is 1.08. The van der Waals surface area contributed by atoms with Gasteiger partial charge < -0.3 is 20.1 Å². The Balaban J connectivity index is 1.78. The van der Waals surface area contributed by atoms with E-state index in [1.54, 1.807) is 12.1 Å². The van der Waals surface area contributed by atoms with Crippen LogP contribution in [0.15, 0.2) is 22.7 Å². The smallest absolute Gasteiger partial charge is 0.258 e. The van der Waals surface area contributed by atoms with Gasteiger partial charge in [-0.1, -0.05) is 5.16 Å². The fraction of sp³-hybridized carbons (Fsp3) is 0.385. The maximum Gasteiger partial charge on any atom is 0.258 e. The van der Waals surface area contributed by atoms with Gasteiger partial charge in [0.05, 0.1) is 11.8 Å². The van der Waals surface area contributed by atoms with Crippen molar-refractivity contribution < 1.29 is 14.4 Å². The summed E-state index contributed by atoms with van der Waals surface area (Å²) in [5, 5.41) is 13.3. The van der Waals surface area contributed by atoms with E-state index in [1.807, 2.05) is 0 Å². The van der Waals surface area contributed by atoms with Gasteiger partial charge in [0.15, 0.2) is 5.82 Å². The van der Waals surface area contributed by atoms with Crippen molar-refractivity contribution in [3.8, 4) is 17.2 Å². The first-order valence-electron chi connectivity index (χ1n) is 6.25. The number of hydrogen-bond donors (Lipinski definition) is 2. The maximum absolute atomic E-state index is 9.38. The van der Waals surface area contributed by atoms with Crippen LogP contribution in [-0.4, -0.2) is 28.0 Å². The summed E-state index contributed by atoms with van der Waals surface area (Å²) >= 11 is 0. The number of nitrogens with zero attached hydrogens (tertiary/aromatic N) is 2. The van der Waals surface area contributed by atoms with E-state index in [2.05, 4.69) is 10.1 Å². The molecule has 1 saturated heterocycles. The molecule has 0 bridgehead atoms. The molecular formula is C13H15N3O3. The van der Waals surface area contributed by atoms with Gasteiger partial charge in [-0.2, -0.15) is 4.98 Å². The number of benzene rings is 1. The topological polar surface area (TPSA) is 94.4 Å². The monoisotopic (exact) mass is 261 g/mol. The standard InChI is InChI=1S/C13H15N3O3/c14-10-6-8(3-4-11(10)17)13-15-12(16-19-13)7-9-2-1-5-18-9/h3-4,6,9,17H,1-2,5,7,14H2. The van der Waals surface area contributed by atoms with Crippen molar-refractivity contribution in [1.82, 2.24) is 10.1 Å². The van der Waals surface area contributed by atoms with E-state index >= 15 is 0 Å². The molecule has 3 N–H and O–H groups in total. The van der Waals surface area contributed by atoms with Gasteiger partial charge in [-0.15, -0.1) is 0 Å². The van der Waals surface area contributed by atoms with Crippen molar-refractivity contribution in [2.45, 2.75) is 25.4 Å². The highest BCUT2D eigenvalue weighted by Crippen LogP contribution is 2.26. The molecule has 1 atom stereocenters. The number of rotatable bonds is 3. The minimum atomic E-state index is 0.0443. The van der Waals surface area contributed by atoms with Crippen LogP contribution in [0, 0.1) is 0 Å². The molecule has 3 rings (SSSR count). The molecule has 1 aliphatic rings. The zero-order valence-corrected chi connectivity index (χ0v) is 10.4. The predicted octanol–water partition coefficient (Wildman–Crippen LogP) is 1.75. The lowest BCUT2D eigenvalue weighted by Crippen LogP contribution is -2.09. The van der Waals surface area contributed by atoms with Crippen molar-refractivity contribution in [2.24, 2.45) is 0 Å². The SMILES string of the molecule is Nc1cc(-c2nc(CC3CCCO3)no2)ccc1O. The number of nitrogens with two attached hydrogens (primary N) is 1. The van der Waals surface area contributed by atoms with Gasteiger partial charge in [0.2, 0.25) is 0 Å². The molecule has 2 aromatic rings.